The summed E-state index contributed by atoms with van der Waals surface area (Å²) >= 11 is 1.54. The van der Waals surface area contributed by atoms with Gasteiger partial charge in [-0.2, -0.15) is 0 Å². The van der Waals surface area contributed by atoms with Crippen LogP contribution in [-0.2, 0) is 4.79 Å². The number of hydrogen-bond donors (Lipinski definition) is 1. The van der Waals surface area contributed by atoms with Crippen LogP contribution in [0.5, 0.6) is 5.75 Å². The molecular weight excluding hydrogens is 224 g/mol. The number of hydrogen-bond acceptors (Lipinski definition) is 3. The van der Waals surface area contributed by atoms with Gasteiger partial charge in [0.1, 0.15) is 5.75 Å². The molecule has 1 aromatic rings. The Labute approximate surface area is 99.8 Å². The lowest BCUT2D eigenvalue weighted by atomic mass is 10.1. The summed E-state index contributed by atoms with van der Waals surface area (Å²) in [5.74, 6) is -0.352. The van der Waals surface area contributed by atoms with Gasteiger partial charge in [0.15, 0.2) is 6.10 Å². The number of carboxylic acids is 1. The van der Waals surface area contributed by atoms with E-state index >= 15 is 0 Å². The van der Waals surface area contributed by atoms with Gasteiger partial charge < -0.3 is 9.84 Å². The van der Waals surface area contributed by atoms with Crippen LogP contribution >= 0.6 is 11.8 Å². The van der Waals surface area contributed by atoms with Crippen molar-refractivity contribution < 1.29 is 14.6 Å². The van der Waals surface area contributed by atoms with Crippen LogP contribution in [-0.4, -0.2) is 23.4 Å². The van der Waals surface area contributed by atoms with Gasteiger partial charge in [0.25, 0.3) is 0 Å². The summed E-state index contributed by atoms with van der Waals surface area (Å²) in [7, 11) is 0. The lowest BCUT2D eigenvalue weighted by Crippen LogP contribution is -2.32. The quantitative estimate of drug-likeness (QED) is 0.804. The second kappa shape index (κ2) is 5.80. The number of benzene rings is 1. The highest BCUT2D eigenvalue weighted by Gasteiger charge is 2.24. The van der Waals surface area contributed by atoms with Crippen LogP contribution in [0.4, 0.5) is 0 Å². The highest BCUT2D eigenvalue weighted by Crippen LogP contribution is 2.28. The predicted molar refractivity (Wildman–Crippen MR) is 65.1 cm³/mol. The van der Waals surface area contributed by atoms with Crippen LogP contribution in [0.25, 0.3) is 0 Å². The second-order valence-corrected chi connectivity index (χ2v) is 4.62. The Morgan fingerprint density at radius 2 is 2.00 bits per heavy atom. The molecule has 1 aromatic carbocycles. The number of aliphatic carboxylic acids is 1. The molecule has 1 unspecified atom stereocenters. The molecule has 0 fully saturated rings. The van der Waals surface area contributed by atoms with Crippen molar-refractivity contribution in [2.24, 2.45) is 5.92 Å². The molecule has 1 rings (SSSR count). The first kappa shape index (κ1) is 12.9. The average Bonchev–Trinajstić information content (AvgIpc) is 2.25. The maximum atomic E-state index is 11.0. The normalized spacial score (nSPS) is 12.5. The summed E-state index contributed by atoms with van der Waals surface area (Å²) in [6.07, 6.45) is 1.14. The minimum atomic E-state index is -0.925. The van der Waals surface area contributed by atoms with Crippen LogP contribution in [0, 0.1) is 5.92 Å². The Kier molecular flexibility index (Phi) is 4.68. The highest BCUT2D eigenvalue weighted by atomic mass is 32.2. The Balaban J connectivity index is 2.89. The molecule has 0 heterocycles. The van der Waals surface area contributed by atoms with E-state index in [2.05, 4.69) is 0 Å². The molecule has 4 heteroatoms. The SMILES string of the molecule is CSc1ccccc1OC(C(=O)O)C(C)C. The minimum absolute atomic E-state index is 0.0626. The molecule has 0 aliphatic heterocycles. The zero-order valence-corrected chi connectivity index (χ0v) is 10.5. The Hall–Kier alpha value is -1.16. The molecule has 0 radical (unpaired) electrons. The lowest BCUT2D eigenvalue weighted by molar-refractivity contribution is -0.147. The smallest absolute Gasteiger partial charge is 0.345 e. The zero-order valence-electron chi connectivity index (χ0n) is 9.64. The zero-order chi connectivity index (χ0) is 12.1. The summed E-state index contributed by atoms with van der Waals surface area (Å²) in [6.45, 7) is 3.67. The van der Waals surface area contributed by atoms with Crippen LogP contribution in [0.15, 0.2) is 29.2 Å². The van der Waals surface area contributed by atoms with E-state index in [1.54, 1.807) is 17.8 Å². The third-order valence-corrected chi connectivity index (χ3v) is 2.95. The van der Waals surface area contributed by atoms with Gasteiger partial charge in [0.05, 0.1) is 0 Å². The highest BCUT2D eigenvalue weighted by molar-refractivity contribution is 7.98. The number of carbonyl (C=O) groups is 1. The summed E-state index contributed by atoms with van der Waals surface area (Å²) in [5, 5.41) is 9.04. The van der Waals surface area contributed by atoms with Crippen LogP contribution < -0.4 is 4.74 Å². The maximum Gasteiger partial charge on any atom is 0.345 e. The van der Waals surface area contributed by atoms with E-state index < -0.39 is 12.1 Å². The van der Waals surface area contributed by atoms with E-state index in [1.807, 2.05) is 38.3 Å². The second-order valence-electron chi connectivity index (χ2n) is 3.77. The molecule has 0 saturated carbocycles. The van der Waals surface area contributed by atoms with Crippen molar-refractivity contribution in [3.05, 3.63) is 24.3 Å². The molecule has 0 amide bonds. The van der Waals surface area contributed by atoms with E-state index in [9.17, 15) is 4.79 Å². The monoisotopic (exact) mass is 240 g/mol. The van der Waals surface area contributed by atoms with Crippen LogP contribution in [0.1, 0.15) is 13.8 Å². The van der Waals surface area contributed by atoms with Gasteiger partial charge in [0, 0.05) is 10.8 Å². The fraction of sp³-hybridized carbons (Fsp3) is 0.417. The van der Waals surface area contributed by atoms with E-state index in [-0.39, 0.29) is 5.92 Å². The van der Waals surface area contributed by atoms with Crippen molar-refractivity contribution in [3.63, 3.8) is 0 Å². The first-order chi connectivity index (χ1) is 7.56. The molecule has 16 heavy (non-hydrogen) atoms. The molecule has 0 aliphatic carbocycles. The number of rotatable bonds is 5. The van der Waals surface area contributed by atoms with E-state index in [0.29, 0.717) is 5.75 Å². The molecule has 3 nitrogen and oxygen atoms in total. The molecule has 1 N–H and O–H groups in total. The molecule has 0 bridgehead atoms. The first-order valence-electron chi connectivity index (χ1n) is 5.08. The molecular formula is C12H16O3S. The van der Waals surface area contributed by atoms with Crippen molar-refractivity contribution in [2.75, 3.05) is 6.26 Å². The number of ether oxygens (including phenoxy) is 1. The van der Waals surface area contributed by atoms with Gasteiger partial charge in [-0.05, 0) is 18.4 Å². The molecule has 0 saturated heterocycles. The summed E-state index contributed by atoms with van der Waals surface area (Å²) in [6, 6.07) is 7.46. The van der Waals surface area contributed by atoms with Crippen molar-refractivity contribution in [1.82, 2.24) is 0 Å². The summed E-state index contributed by atoms with van der Waals surface area (Å²) in [4.78, 5) is 12.0. The van der Waals surface area contributed by atoms with Crippen molar-refractivity contribution >= 4 is 17.7 Å². The maximum absolute atomic E-state index is 11.0. The minimum Gasteiger partial charge on any atom is -0.478 e. The third-order valence-electron chi connectivity index (χ3n) is 2.17. The van der Waals surface area contributed by atoms with Crippen molar-refractivity contribution in [3.8, 4) is 5.75 Å². The van der Waals surface area contributed by atoms with E-state index in [0.717, 1.165) is 4.90 Å². The number of thioether (sulfide) groups is 1. The molecule has 88 valence electrons. The largest absolute Gasteiger partial charge is 0.478 e. The van der Waals surface area contributed by atoms with Crippen LogP contribution in [0.3, 0.4) is 0 Å². The number of carboxylic acid groups (broad SMARTS) is 1. The fourth-order valence-electron chi connectivity index (χ4n) is 1.32. The summed E-state index contributed by atoms with van der Waals surface area (Å²) < 4.78 is 5.54. The van der Waals surface area contributed by atoms with Crippen molar-refractivity contribution in [1.29, 1.82) is 0 Å². The molecule has 0 spiro atoms. The molecule has 1 atom stereocenters. The first-order valence-corrected chi connectivity index (χ1v) is 6.31. The molecule has 0 aromatic heterocycles. The lowest BCUT2D eigenvalue weighted by Gasteiger charge is -2.19. The van der Waals surface area contributed by atoms with Gasteiger partial charge in [-0.15, -0.1) is 11.8 Å². The van der Waals surface area contributed by atoms with Gasteiger partial charge >= 0.3 is 5.97 Å². The Bertz CT molecular complexity index is 363. The van der Waals surface area contributed by atoms with Crippen molar-refractivity contribution in [2.45, 2.75) is 24.8 Å². The number of para-hydroxylation sites is 1. The Morgan fingerprint density at radius 1 is 1.38 bits per heavy atom. The van der Waals surface area contributed by atoms with E-state index in [4.69, 9.17) is 9.84 Å². The third kappa shape index (κ3) is 3.17. The predicted octanol–water partition coefficient (Wildman–Crippen LogP) is 2.90. The standard InChI is InChI=1S/C12H16O3S/c1-8(2)11(12(13)14)15-9-6-4-5-7-10(9)16-3/h4-8,11H,1-3H3,(H,13,14). The van der Waals surface area contributed by atoms with Gasteiger partial charge in [-0.25, -0.2) is 4.79 Å². The molecule has 0 aliphatic rings. The van der Waals surface area contributed by atoms with E-state index in [1.165, 1.54) is 0 Å². The summed E-state index contributed by atoms with van der Waals surface area (Å²) in [5.41, 5.74) is 0. The Morgan fingerprint density at radius 3 is 2.50 bits per heavy atom. The van der Waals surface area contributed by atoms with Gasteiger partial charge in [-0.1, -0.05) is 26.0 Å². The topological polar surface area (TPSA) is 46.5 Å². The van der Waals surface area contributed by atoms with Crippen LogP contribution in [0.2, 0.25) is 0 Å². The fourth-order valence-corrected chi connectivity index (χ4v) is 1.86. The van der Waals surface area contributed by atoms with Gasteiger partial charge in [0.2, 0.25) is 0 Å². The average molecular weight is 240 g/mol. The van der Waals surface area contributed by atoms with Gasteiger partial charge in [-0.3, -0.25) is 0 Å².